The first-order valence-corrected chi connectivity index (χ1v) is 5.82. The zero-order chi connectivity index (χ0) is 9.97. The molecule has 5 heteroatoms. The van der Waals surface area contributed by atoms with E-state index < -0.39 is 0 Å². The minimum atomic E-state index is 0.326. The smallest absolute Gasteiger partial charge is 0.204 e. The molecule has 0 aliphatic carbocycles. The molecule has 1 aliphatic heterocycles. The van der Waals surface area contributed by atoms with Crippen molar-refractivity contribution in [2.75, 3.05) is 18.0 Å². The lowest BCUT2D eigenvalue weighted by atomic mass is 9.91. The minimum absolute atomic E-state index is 0.326. The van der Waals surface area contributed by atoms with Crippen molar-refractivity contribution < 1.29 is 0 Å². The minimum Gasteiger partial charge on any atom is -0.347 e. The van der Waals surface area contributed by atoms with Gasteiger partial charge in [-0.15, -0.1) is 0 Å². The maximum absolute atomic E-state index is 5.89. The molecule has 0 saturated carbocycles. The van der Waals surface area contributed by atoms with Crippen LogP contribution in [0.25, 0.3) is 0 Å². The first kappa shape index (κ1) is 9.86. The number of hydrogen-bond acceptors (Lipinski definition) is 5. The van der Waals surface area contributed by atoms with Crippen LogP contribution in [0.4, 0.5) is 5.13 Å². The van der Waals surface area contributed by atoms with Gasteiger partial charge in [0.2, 0.25) is 5.13 Å². The van der Waals surface area contributed by atoms with Gasteiger partial charge in [-0.05, 0) is 25.7 Å². The molecule has 2 rings (SSSR count). The van der Waals surface area contributed by atoms with Crippen LogP contribution in [0.15, 0.2) is 6.33 Å². The summed E-state index contributed by atoms with van der Waals surface area (Å²) in [6.45, 7) is 4.24. The third kappa shape index (κ3) is 2.04. The Labute approximate surface area is 88.3 Å². The van der Waals surface area contributed by atoms with Gasteiger partial charge in [-0.25, -0.2) is 4.98 Å². The maximum Gasteiger partial charge on any atom is 0.204 e. The Balaban J connectivity index is 1.90. The van der Waals surface area contributed by atoms with Gasteiger partial charge in [0.15, 0.2) is 0 Å². The highest BCUT2D eigenvalue weighted by molar-refractivity contribution is 7.09. The monoisotopic (exact) mass is 212 g/mol. The number of hydrogen-bond donors (Lipinski definition) is 1. The molecule has 0 amide bonds. The molecule has 1 atom stereocenters. The lowest BCUT2D eigenvalue weighted by molar-refractivity contribution is 0.354. The third-order valence-corrected chi connectivity index (χ3v) is 3.63. The van der Waals surface area contributed by atoms with Gasteiger partial charge in [0.05, 0.1) is 0 Å². The Morgan fingerprint density at radius 2 is 2.29 bits per heavy atom. The average Bonchev–Trinajstić information content (AvgIpc) is 2.71. The van der Waals surface area contributed by atoms with E-state index in [1.54, 1.807) is 6.33 Å². The summed E-state index contributed by atoms with van der Waals surface area (Å²) in [5.41, 5.74) is 5.89. The molecule has 0 spiro atoms. The van der Waals surface area contributed by atoms with E-state index in [-0.39, 0.29) is 0 Å². The van der Waals surface area contributed by atoms with Crippen LogP contribution in [-0.4, -0.2) is 28.5 Å². The van der Waals surface area contributed by atoms with E-state index in [9.17, 15) is 0 Å². The first-order chi connectivity index (χ1) is 6.77. The average molecular weight is 212 g/mol. The van der Waals surface area contributed by atoms with Crippen LogP contribution in [-0.2, 0) is 0 Å². The Kier molecular flexibility index (Phi) is 2.98. The van der Waals surface area contributed by atoms with Gasteiger partial charge >= 0.3 is 0 Å². The molecule has 0 radical (unpaired) electrons. The molecule has 1 saturated heterocycles. The van der Waals surface area contributed by atoms with E-state index in [0.717, 1.165) is 18.2 Å². The molecule has 1 aromatic rings. The SMILES string of the molecule is CC(N)C1CCN(c2ncns2)CC1. The predicted octanol–water partition coefficient (Wildman–Crippen LogP) is 1.10. The fourth-order valence-electron chi connectivity index (χ4n) is 1.92. The molecule has 4 nitrogen and oxygen atoms in total. The Bertz CT molecular complexity index is 264. The summed E-state index contributed by atoms with van der Waals surface area (Å²) in [4.78, 5) is 6.51. The second kappa shape index (κ2) is 4.23. The summed E-state index contributed by atoms with van der Waals surface area (Å²) in [6, 6.07) is 0.326. The molecule has 78 valence electrons. The van der Waals surface area contributed by atoms with E-state index in [2.05, 4.69) is 21.2 Å². The van der Waals surface area contributed by atoms with Crippen molar-refractivity contribution in [3.05, 3.63) is 6.33 Å². The van der Waals surface area contributed by atoms with Crippen molar-refractivity contribution in [2.45, 2.75) is 25.8 Å². The van der Waals surface area contributed by atoms with Crippen molar-refractivity contribution >= 4 is 16.7 Å². The quantitative estimate of drug-likeness (QED) is 0.797. The fraction of sp³-hybridized carbons (Fsp3) is 0.778. The molecule has 1 unspecified atom stereocenters. The number of piperidine rings is 1. The molecule has 0 bridgehead atoms. The Morgan fingerprint density at radius 3 is 2.79 bits per heavy atom. The molecule has 2 heterocycles. The van der Waals surface area contributed by atoms with Gasteiger partial charge in [-0.1, -0.05) is 0 Å². The van der Waals surface area contributed by atoms with Crippen LogP contribution in [0.3, 0.4) is 0 Å². The normalized spacial score (nSPS) is 21.1. The molecule has 0 aromatic carbocycles. The molecule has 2 N–H and O–H groups in total. The summed E-state index contributed by atoms with van der Waals surface area (Å²) in [6.07, 6.45) is 3.98. The summed E-state index contributed by atoms with van der Waals surface area (Å²) >= 11 is 1.47. The Morgan fingerprint density at radius 1 is 1.57 bits per heavy atom. The van der Waals surface area contributed by atoms with Gasteiger partial charge in [-0.2, -0.15) is 4.37 Å². The number of nitrogens with two attached hydrogens (primary N) is 1. The number of anilines is 1. The second-order valence-electron chi connectivity index (χ2n) is 3.91. The van der Waals surface area contributed by atoms with E-state index in [1.165, 1.54) is 24.4 Å². The predicted molar refractivity (Wildman–Crippen MR) is 58.5 cm³/mol. The van der Waals surface area contributed by atoms with Crippen molar-refractivity contribution in [1.29, 1.82) is 0 Å². The first-order valence-electron chi connectivity index (χ1n) is 5.04. The number of rotatable bonds is 2. The summed E-state index contributed by atoms with van der Waals surface area (Å²) < 4.78 is 4.02. The number of nitrogens with zero attached hydrogens (tertiary/aromatic N) is 3. The third-order valence-electron chi connectivity index (χ3n) is 2.90. The molecule has 14 heavy (non-hydrogen) atoms. The van der Waals surface area contributed by atoms with Crippen LogP contribution in [0.1, 0.15) is 19.8 Å². The zero-order valence-corrected chi connectivity index (χ0v) is 9.20. The van der Waals surface area contributed by atoms with Crippen LogP contribution in [0.5, 0.6) is 0 Å². The van der Waals surface area contributed by atoms with Gasteiger partial charge in [0.25, 0.3) is 0 Å². The van der Waals surface area contributed by atoms with Crippen molar-refractivity contribution in [3.8, 4) is 0 Å². The largest absolute Gasteiger partial charge is 0.347 e. The van der Waals surface area contributed by atoms with E-state index in [4.69, 9.17) is 5.73 Å². The topological polar surface area (TPSA) is 55.0 Å². The molecular weight excluding hydrogens is 196 g/mol. The van der Waals surface area contributed by atoms with Crippen LogP contribution in [0.2, 0.25) is 0 Å². The van der Waals surface area contributed by atoms with Crippen LogP contribution < -0.4 is 10.6 Å². The van der Waals surface area contributed by atoms with Crippen molar-refractivity contribution in [3.63, 3.8) is 0 Å². The highest BCUT2D eigenvalue weighted by Gasteiger charge is 2.22. The maximum atomic E-state index is 5.89. The fourth-order valence-corrected chi connectivity index (χ4v) is 2.50. The molecule has 1 aliphatic rings. The number of aromatic nitrogens is 2. The summed E-state index contributed by atoms with van der Waals surface area (Å²) in [5, 5.41) is 1.05. The van der Waals surface area contributed by atoms with Gasteiger partial charge in [0, 0.05) is 30.7 Å². The van der Waals surface area contributed by atoms with Crippen molar-refractivity contribution in [1.82, 2.24) is 9.36 Å². The van der Waals surface area contributed by atoms with Crippen molar-refractivity contribution in [2.24, 2.45) is 11.7 Å². The van der Waals surface area contributed by atoms with Crippen LogP contribution >= 0.6 is 11.5 Å². The standard InChI is InChI=1S/C9H16N4S/c1-7(10)8-2-4-13(5-3-8)9-11-6-12-14-9/h6-8H,2-5,10H2,1H3. The second-order valence-corrected chi connectivity index (χ2v) is 4.67. The van der Waals surface area contributed by atoms with E-state index in [1.807, 2.05) is 0 Å². The van der Waals surface area contributed by atoms with Gasteiger partial charge in [-0.3, -0.25) is 0 Å². The zero-order valence-electron chi connectivity index (χ0n) is 8.39. The lowest BCUT2D eigenvalue weighted by Crippen LogP contribution is -2.39. The van der Waals surface area contributed by atoms with Gasteiger partial charge < -0.3 is 10.6 Å². The Hall–Kier alpha value is -0.680. The van der Waals surface area contributed by atoms with E-state index in [0.29, 0.717) is 12.0 Å². The summed E-state index contributed by atoms with van der Waals surface area (Å²) in [5.74, 6) is 0.680. The van der Waals surface area contributed by atoms with E-state index >= 15 is 0 Å². The highest BCUT2D eigenvalue weighted by atomic mass is 32.1. The molecule has 1 aromatic heterocycles. The molecular formula is C9H16N4S. The highest BCUT2D eigenvalue weighted by Crippen LogP contribution is 2.24. The molecule has 1 fully saturated rings. The summed E-state index contributed by atoms with van der Waals surface area (Å²) in [7, 11) is 0. The van der Waals surface area contributed by atoms with Gasteiger partial charge in [0.1, 0.15) is 6.33 Å². The van der Waals surface area contributed by atoms with Crippen LogP contribution in [0, 0.1) is 5.92 Å². The lowest BCUT2D eigenvalue weighted by Gasteiger charge is -2.33.